The molecule has 2 heteroatoms. The summed E-state index contributed by atoms with van der Waals surface area (Å²) in [6.07, 6.45) is 3.28. The molecule has 0 fully saturated rings. The highest BCUT2D eigenvalue weighted by Gasteiger charge is 2.13. The lowest BCUT2D eigenvalue weighted by molar-refractivity contribution is -0.148. The monoisotopic (exact) mass is 254 g/mol. The molecule has 0 aromatic heterocycles. The highest BCUT2D eigenvalue weighted by Crippen LogP contribution is 2.19. The zero-order valence-corrected chi connectivity index (χ0v) is 11.5. The highest BCUT2D eigenvalue weighted by atomic mass is 16.6. The lowest BCUT2D eigenvalue weighted by Gasteiger charge is -2.17. The molecule has 2 aromatic rings. The van der Waals surface area contributed by atoms with Gasteiger partial charge in [-0.05, 0) is 43.2 Å². The zero-order valence-electron chi connectivity index (χ0n) is 11.5. The molecular weight excluding hydrogens is 236 g/mol. The van der Waals surface area contributed by atoms with E-state index >= 15 is 0 Å². The fourth-order valence-electron chi connectivity index (χ4n) is 1.89. The maximum atomic E-state index is 11.7. The van der Waals surface area contributed by atoms with E-state index in [1.165, 1.54) is 6.08 Å². The van der Waals surface area contributed by atoms with Crippen molar-refractivity contribution in [1.82, 2.24) is 0 Å². The van der Waals surface area contributed by atoms with E-state index in [0.29, 0.717) is 0 Å². The molecule has 0 radical (unpaired) electrons. The van der Waals surface area contributed by atoms with Crippen LogP contribution in [0.3, 0.4) is 0 Å². The lowest BCUT2D eigenvalue weighted by Crippen LogP contribution is -2.22. The molecule has 0 saturated heterocycles. The number of rotatable bonds is 2. The van der Waals surface area contributed by atoms with Gasteiger partial charge < -0.3 is 4.74 Å². The van der Waals surface area contributed by atoms with Crippen LogP contribution in [-0.4, -0.2) is 11.6 Å². The summed E-state index contributed by atoms with van der Waals surface area (Å²) in [5.41, 5.74) is 0.559. The Balaban J connectivity index is 2.24. The van der Waals surface area contributed by atoms with Crippen molar-refractivity contribution in [3.8, 4) is 0 Å². The normalized spacial score (nSPS) is 11.9. The second kappa shape index (κ2) is 5.27. The molecule has 2 nitrogen and oxygen atoms in total. The minimum absolute atomic E-state index is 0.319. The fraction of sp³-hybridized carbons (Fsp3) is 0.235. The Labute approximate surface area is 113 Å². The number of carbonyl (C=O) groups is 1. The molecule has 0 unspecified atom stereocenters. The van der Waals surface area contributed by atoms with Gasteiger partial charge in [-0.1, -0.05) is 42.5 Å². The number of fused-ring (bicyclic) bond motifs is 1. The Morgan fingerprint density at radius 2 is 1.74 bits per heavy atom. The summed E-state index contributed by atoms with van der Waals surface area (Å²) in [5, 5.41) is 2.29. The van der Waals surface area contributed by atoms with Gasteiger partial charge in [0.25, 0.3) is 0 Å². The van der Waals surface area contributed by atoms with Crippen molar-refractivity contribution in [3.63, 3.8) is 0 Å². The summed E-state index contributed by atoms with van der Waals surface area (Å²) < 4.78 is 5.25. The third-order valence-corrected chi connectivity index (χ3v) is 2.63. The molecule has 0 aliphatic heterocycles. The second-order valence-electron chi connectivity index (χ2n) is 5.44. The number of ether oxygens (including phenoxy) is 1. The molecule has 0 atom stereocenters. The SMILES string of the molecule is CC(C)(C)OC(=O)C=Cc1cccc2ccccc12. The van der Waals surface area contributed by atoms with Gasteiger partial charge in [-0.15, -0.1) is 0 Å². The standard InChI is InChI=1S/C17H18O2/c1-17(2,3)19-16(18)12-11-14-9-6-8-13-7-4-5-10-15(13)14/h4-12H,1-3H3. The minimum atomic E-state index is -0.458. The maximum Gasteiger partial charge on any atom is 0.331 e. The molecule has 98 valence electrons. The van der Waals surface area contributed by atoms with Crippen LogP contribution in [-0.2, 0) is 9.53 Å². The van der Waals surface area contributed by atoms with Gasteiger partial charge in [0.1, 0.15) is 5.60 Å². The van der Waals surface area contributed by atoms with E-state index in [9.17, 15) is 4.79 Å². The van der Waals surface area contributed by atoms with Gasteiger partial charge in [0.15, 0.2) is 0 Å². The first-order valence-corrected chi connectivity index (χ1v) is 6.34. The van der Waals surface area contributed by atoms with Crippen LogP contribution in [0.1, 0.15) is 26.3 Å². The predicted molar refractivity (Wildman–Crippen MR) is 78.8 cm³/mol. The Morgan fingerprint density at radius 3 is 2.47 bits per heavy atom. The molecule has 0 aliphatic rings. The number of esters is 1. The van der Waals surface area contributed by atoms with Crippen molar-refractivity contribution in [2.75, 3.05) is 0 Å². The van der Waals surface area contributed by atoms with E-state index in [0.717, 1.165) is 16.3 Å². The van der Waals surface area contributed by atoms with Gasteiger partial charge in [0.2, 0.25) is 0 Å². The molecule has 0 aliphatic carbocycles. The van der Waals surface area contributed by atoms with E-state index in [-0.39, 0.29) is 5.97 Å². The Hall–Kier alpha value is -2.09. The van der Waals surface area contributed by atoms with Crippen LogP contribution < -0.4 is 0 Å². The molecule has 0 amide bonds. The third kappa shape index (κ3) is 3.68. The second-order valence-corrected chi connectivity index (χ2v) is 5.44. The van der Waals surface area contributed by atoms with Crippen LogP contribution in [0.15, 0.2) is 48.5 Å². The van der Waals surface area contributed by atoms with Crippen molar-refractivity contribution >= 4 is 22.8 Å². The summed E-state index contributed by atoms with van der Waals surface area (Å²) in [4.78, 5) is 11.7. The first-order chi connectivity index (χ1) is 8.96. The quantitative estimate of drug-likeness (QED) is 0.593. The lowest BCUT2D eigenvalue weighted by atomic mass is 10.0. The van der Waals surface area contributed by atoms with Crippen LogP contribution in [0.4, 0.5) is 0 Å². The molecule has 2 rings (SSSR count). The van der Waals surface area contributed by atoms with E-state index in [1.54, 1.807) is 6.08 Å². The third-order valence-electron chi connectivity index (χ3n) is 2.63. The number of benzene rings is 2. The molecular formula is C17H18O2. The number of hydrogen-bond donors (Lipinski definition) is 0. The molecule has 0 bridgehead atoms. The van der Waals surface area contributed by atoms with Crippen LogP contribution in [0.25, 0.3) is 16.8 Å². The highest BCUT2D eigenvalue weighted by molar-refractivity contribution is 5.94. The van der Waals surface area contributed by atoms with Crippen LogP contribution in [0.2, 0.25) is 0 Å². The van der Waals surface area contributed by atoms with Gasteiger partial charge in [-0.3, -0.25) is 0 Å². The van der Waals surface area contributed by atoms with Crippen molar-refractivity contribution in [2.24, 2.45) is 0 Å². The van der Waals surface area contributed by atoms with Crippen LogP contribution >= 0.6 is 0 Å². The minimum Gasteiger partial charge on any atom is -0.457 e. The molecule has 19 heavy (non-hydrogen) atoms. The van der Waals surface area contributed by atoms with Crippen molar-refractivity contribution in [2.45, 2.75) is 26.4 Å². The average molecular weight is 254 g/mol. The van der Waals surface area contributed by atoms with Crippen LogP contribution in [0, 0.1) is 0 Å². The molecule has 0 spiro atoms. The van der Waals surface area contributed by atoms with Crippen molar-refractivity contribution in [1.29, 1.82) is 0 Å². The zero-order chi connectivity index (χ0) is 13.9. The first-order valence-electron chi connectivity index (χ1n) is 6.34. The summed E-state index contributed by atoms with van der Waals surface area (Å²) in [6.45, 7) is 5.57. The van der Waals surface area contributed by atoms with E-state index < -0.39 is 5.60 Å². The average Bonchev–Trinajstić information content (AvgIpc) is 2.34. The van der Waals surface area contributed by atoms with Crippen molar-refractivity contribution in [3.05, 3.63) is 54.1 Å². The van der Waals surface area contributed by atoms with Gasteiger partial charge in [-0.2, -0.15) is 0 Å². The predicted octanol–water partition coefficient (Wildman–Crippen LogP) is 4.19. The largest absolute Gasteiger partial charge is 0.457 e. The van der Waals surface area contributed by atoms with Crippen LogP contribution in [0.5, 0.6) is 0 Å². The molecule has 2 aromatic carbocycles. The smallest absolute Gasteiger partial charge is 0.331 e. The molecule has 0 saturated carbocycles. The van der Waals surface area contributed by atoms with E-state index in [1.807, 2.05) is 51.1 Å². The molecule has 0 N–H and O–H groups in total. The number of carbonyl (C=O) groups excluding carboxylic acids is 1. The fourth-order valence-corrected chi connectivity index (χ4v) is 1.89. The van der Waals surface area contributed by atoms with Gasteiger partial charge in [0.05, 0.1) is 0 Å². The Morgan fingerprint density at radius 1 is 1.05 bits per heavy atom. The van der Waals surface area contributed by atoms with Gasteiger partial charge in [-0.25, -0.2) is 4.79 Å². The first kappa shape index (κ1) is 13.3. The van der Waals surface area contributed by atoms with E-state index in [2.05, 4.69) is 12.1 Å². The Kier molecular flexibility index (Phi) is 3.70. The summed E-state index contributed by atoms with van der Waals surface area (Å²) in [5.74, 6) is -0.319. The van der Waals surface area contributed by atoms with Gasteiger partial charge in [0, 0.05) is 6.08 Å². The number of hydrogen-bond acceptors (Lipinski definition) is 2. The topological polar surface area (TPSA) is 26.3 Å². The Bertz CT molecular complexity index is 613. The molecule has 0 heterocycles. The van der Waals surface area contributed by atoms with Gasteiger partial charge >= 0.3 is 5.97 Å². The summed E-state index contributed by atoms with van der Waals surface area (Å²) in [7, 11) is 0. The maximum absolute atomic E-state index is 11.7. The van der Waals surface area contributed by atoms with E-state index in [4.69, 9.17) is 4.74 Å². The van der Waals surface area contributed by atoms with Crippen molar-refractivity contribution < 1.29 is 9.53 Å². The summed E-state index contributed by atoms with van der Waals surface area (Å²) in [6, 6.07) is 14.1. The summed E-state index contributed by atoms with van der Waals surface area (Å²) >= 11 is 0.